The number of likely N-dealkylation sites (tertiary alicyclic amines) is 1. The van der Waals surface area contributed by atoms with Crippen LogP contribution in [0, 0.1) is 0 Å². The van der Waals surface area contributed by atoms with Gasteiger partial charge in [-0.2, -0.15) is 0 Å². The summed E-state index contributed by atoms with van der Waals surface area (Å²) in [5, 5.41) is 0. The fraction of sp³-hybridized carbons (Fsp3) is 0.909. The Kier molecular flexibility index (Phi) is 2.77. The van der Waals surface area contributed by atoms with E-state index in [0.29, 0.717) is 0 Å². The third kappa shape index (κ3) is 1.78. The number of amides is 1. The normalized spacial score (nSPS) is 26.5. The summed E-state index contributed by atoms with van der Waals surface area (Å²) in [7, 11) is 0. The average molecular weight is 195 g/mol. The van der Waals surface area contributed by atoms with Crippen LogP contribution >= 0.6 is 0 Å². The van der Waals surface area contributed by atoms with Crippen molar-refractivity contribution in [2.45, 2.75) is 50.5 Å². The zero-order valence-electron chi connectivity index (χ0n) is 8.72. The van der Waals surface area contributed by atoms with Crippen molar-refractivity contribution >= 4 is 5.91 Å². The molecule has 1 N–H and O–H groups in total. The maximum absolute atomic E-state index is 12.1. The van der Waals surface area contributed by atoms with Gasteiger partial charge < -0.3 is 4.90 Å². The number of hydrogen-bond acceptors (Lipinski definition) is 1. The lowest BCUT2D eigenvalue weighted by Gasteiger charge is -2.34. The third-order valence-electron chi connectivity index (χ3n) is 3.51. The van der Waals surface area contributed by atoms with Gasteiger partial charge in [-0.15, -0.1) is 0 Å². The van der Waals surface area contributed by atoms with Crippen LogP contribution in [-0.4, -0.2) is 29.4 Å². The van der Waals surface area contributed by atoms with Crippen molar-refractivity contribution in [2.75, 3.05) is 13.1 Å². The number of carbonyl (C=O) groups is 1. The Balaban J connectivity index is 2.00. The van der Waals surface area contributed by atoms with Crippen molar-refractivity contribution in [1.82, 2.24) is 10.6 Å². The molecule has 1 aliphatic carbocycles. The molecule has 2 fully saturated rings. The smallest absolute Gasteiger partial charge is 0.244 e. The topological polar surface area (TPSA) is 44.1 Å². The molecule has 0 aromatic rings. The van der Waals surface area contributed by atoms with Gasteiger partial charge in [0.05, 0.1) is 0 Å². The Labute approximate surface area is 85.6 Å². The second-order valence-corrected chi connectivity index (χ2v) is 4.64. The Bertz CT molecular complexity index is 215. The number of nitrogens with one attached hydrogen (secondary N) is 1. The van der Waals surface area contributed by atoms with Crippen LogP contribution in [-0.2, 0) is 4.79 Å². The summed E-state index contributed by atoms with van der Waals surface area (Å²) in [6.45, 7) is 1.78. The van der Waals surface area contributed by atoms with E-state index in [1.165, 1.54) is 6.42 Å². The first kappa shape index (κ1) is 9.97. The Morgan fingerprint density at radius 2 is 1.57 bits per heavy atom. The Morgan fingerprint density at radius 3 is 2.14 bits per heavy atom. The molecule has 14 heavy (non-hydrogen) atoms. The van der Waals surface area contributed by atoms with Crippen LogP contribution in [0.5, 0.6) is 0 Å². The van der Waals surface area contributed by atoms with Crippen LogP contribution in [0.15, 0.2) is 0 Å². The molecule has 0 aromatic carbocycles. The summed E-state index contributed by atoms with van der Waals surface area (Å²) in [5.41, 5.74) is 7.44. The van der Waals surface area contributed by atoms with Crippen LogP contribution in [0.3, 0.4) is 0 Å². The molecule has 2 aliphatic rings. The monoisotopic (exact) mass is 195 g/mol. The molecule has 79 valence electrons. The van der Waals surface area contributed by atoms with Gasteiger partial charge in [-0.3, -0.25) is 4.79 Å². The van der Waals surface area contributed by atoms with Gasteiger partial charge in [-0.1, -0.05) is 19.3 Å². The van der Waals surface area contributed by atoms with E-state index in [0.717, 1.165) is 51.6 Å². The molecule has 0 aromatic heterocycles. The highest BCUT2D eigenvalue weighted by Crippen LogP contribution is 2.30. The molecule has 1 saturated carbocycles. The molecule has 2 rings (SSSR count). The number of hydrogen-bond donors (Lipinski definition) is 0. The van der Waals surface area contributed by atoms with E-state index in [9.17, 15) is 4.79 Å². The van der Waals surface area contributed by atoms with E-state index in [4.69, 9.17) is 5.73 Å². The highest BCUT2D eigenvalue weighted by molar-refractivity contribution is 5.86. The van der Waals surface area contributed by atoms with E-state index in [1.54, 1.807) is 0 Å². The summed E-state index contributed by atoms with van der Waals surface area (Å²) in [6, 6.07) is 0. The maximum atomic E-state index is 12.1. The molecule has 1 amide bonds. The van der Waals surface area contributed by atoms with Crippen molar-refractivity contribution in [3.63, 3.8) is 0 Å². The van der Waals surface area contributed by atoms with Gasteiger partial charge in [0, 0.05) is 13.1 Å². The minimum absolute atomic E-state index is 0.106. The largest absolute Gasteiger partial charge is 0.341 e. The minimum atomic E-state index is -0.761. The zero-order chi connectivity index (χ0) is 10.0. The highest BCUT2D eigenvalue weighted by Gasteiger charge is 2.39. The summed E-state index contributed by atoms with van der Waals surface area (Å²) in [5.74, 6) is 0.106. The Morgan fingerprint density at radius 1 is 1.00 bits per heavy atom. The van der Waals surface area contributed by atoms with E-state index in [1.807, 2.05) is 4.90 Å². The van der Waals surface area contributed by atoms with Crippen LogP contribution < -0.4 is 5.73 Å². The predicted molar refractivity (Wildman–Crippen MR) is 54.7 cm³/mol. The summed E-state index contributed by atoms with van der Waals surface area (Å²) >= 11 is 0. The second kappa shape index (κ2) is 3.89. The zero-order valence-corrected chi connectivity index (χ0v) is 8.72. The summed E-state index contributed by atoms with van der Waals surface area (Å²) in [4.78, 5) is 14.0. The molecule has 1 saturated heterocycles. The van der Waals surface area contributed by atoms with E-state index < -0.39 is 5.54 Å². The van der Waals surface area contributed by atoms with Crippen molar-refractivity contribution < 1.29 is 4.79 Å². The molecular formula is C11H19N2O. The van der Waals surface area contributed by atoms with Gasteiger partial charge in [0.1, 0.15) is 5.54 Å². The molecule has 1 radical (unpaired) electrons. The number of nitrogens with zero attached hydrogens (tertiary/aromatic N) is 1. The van der Waals surface area contributed by atoms with Crippen LogP contribution in [0.2, 0.25) is 0 Å². The highest BCUT2D eigenvalue weighted by atomic mass is 16.2. The predicted octanol–water partition coefficient (Wildman–Crippen LogP) is 1.59. The van der Waals surface area contributed by atoms with Crippen molar-refractivity contribution in [3.8, 4) is 0 Å². The van der Waals surface area contributed by atoms with Crippen molar-refractivity contribution in [1.29, 1.82) is 0 Å². The van der Waals surface area contributed by atoms with Crippen LogP contribution in [0.25, 0.3) is 0 Å². The van der Waals surface area contributed by atoms with Gasteiger partial charge in [0.25, 0.3) is 0 Å². The van der Waals surface area contributed by atoms with E-state index in [-0.39, 0.29) is 5.91 Å². The minimum Gasteiger partial charge on any atom is -0.341 e. The first-order valence-corrected chi connectivity index (χ1v) is 5.77. The molecule has 3 nitrogen and oxygen atoms in total. The van der Waals surface area contributed by atoms with Gasteiger partial charge in [0.15, 0.2) is 0 Å². The van der Waals surface area contributed by atoms with Gasteiger partial charge in [0.2, 0.25) is 5.91 Å². The maximum Gasteiger partial charge on any atom is 0.244 e. The lowest BCUT2D eigenvalue weighted by Crippen LogP contribution is -2.50. The van der Waals surface area contributed by atoms with Gasteiger partial charge in [-0.05, 0) is 25.7 Å². The molecule has 0 unspecified atom stereocenters. The molecule has 1 heterocycles. The quantitative estimate of drug-likeness (QED) is 0.626. The summed E-state index contributed by atoms with van der Waals surface area (Å²) in [6.07, 6.45) is 7.13. The fourth-order valence-electron chi connectivity index (χ4n) is 2.59. The van der Waals surface area contributed by atoms with Crippen LogP contribution in [0.4, 0.5) is 0 Å². The second-order valence-electron chi connectivity index (χ2n) is 4.64. The standard InChI is InChI=1S/C11H19N2O/c12-11(6-2-1-3-7-11)10(14)13-8-4-5-9-13/h12H,1-9H2. The van der Waals surface area contributed by atoms with Crippen molar-refractivity contribution in [3.05, 3.63) is 0 Å². The number of carbonyl (C=O) groups excluding carboxylic acids is 1. The van der Waals surface area contributed by atoms with Crippen molar-refractivity contribution in [2.24, 2.45) is 0 Å². The summed E-state index contributed by atoms with van der Waals surface area (Å²) < 4.78 is 0. The van der Waals surface area contributed by atoms with E-state index in [2.05, 4.69) is 0 Å². The molecule has 0 atom stereocenters. The molecule has 0 spiro atoms. The fourth-order valence-corrected chi connectivity index (χ4v) is 2.59. The number of rotatable bonds is 1. The Hall–Kier alpha value is -0.570. The van der Waals surface area contributed by atoms with E-state index >= 15 is 0 Å². The van der Waals surface area contributed by atoms with Gasteiger partial charge >= 0.3 is 0 Å². The molecule has 0 bridgehead atoms. The molecule has 1 aliphatic heterocycles. The third-order valence-corrected chi connectivity index (χ3v) is 3.51. The first-order chi connectivity index (χ1) is 6.72. The first-order valence-electron chi connectivity index (χ1n) is 5.77. The average Bonchev–Trinajstić information content (AvgIpc) is 2.70. The SMILES string of the molecule is [NH]C1(C(=O)N2CCCC2)CCCCC1. The lowest BCUT2D eigenvalue weighted by atomic mass is 9.81. The molecular weight excluding hydrogens is 176 g/mol. The van der Waals surface area contributed by atoms with Crippen LogP contribution in [0.1, 0.15) is 44.9 Å². The van der Waals surface area contributed by atoms with Gasteiger partial charge in [-0.25, -0.2) is 5.73 Å². The lowest BCUT2D eigenvalue weighted by molar-refractivity contribution is -0.137. The molecule has 3 heteroatoms.